The molecule has 0 aromatic carbocycles. The molecule has 1 heterocycles. The average molecular weight is 213 g/mol. The van der Waals surface area contributed by atoms with Crippen molar-refractivity contribution in [1.29, 1.82) is 0 Å². The Kier molecular flexibility index (Phi) is 3.43. The fourth-order valence-corrected chi connectivity index (χ4v) is 3.96. The third-order valence-corrected chi connectivity index (χ3v) is 5.21. The van der Waals surface area contributed by atoms with E-state index in [4.69, 9.17) is 0 Å². The maximum Gasteiger partial charge on any atom is 0.0560 e. The zero-order valence-corrected chi connectivity index (χ0v) is 10.3. The van der Waals surface area contributed by atoms with E-state index in [1.54, 1.807) is 0 Å². The monoisotopic (exact) mass is 213 g/mol. The van der Waals surface area contributed by atoms with E-state index in [-0.39, 0.29) is 0 Å². The fraction of sp³-hybridized carbons (Fsp3) is 1.00. The second-order valence-electron chi connectivity index (χ2n) is 5.60. The predicted molar refractivity (Wildman–Crippen MR) is 64.6 cm³/mol. The van der Waals surface area contributed by atoms with Gasteiger partial charge in [0.2, 0.25) is 0 Å². The van der Waals surface area contributed by atoms with Gasteiger partial charge in [0.25, 0.3) is 0 Å². The number of nitrogens with one attached hydrogen (secondary N) is 1. The Balaban J connectivity index is 1.82. The van der Waals surface area contributed by atoms with Gasteiger partial charge < -0.3 is 5.32 Å². The summed E-state index contributed by atoms with van der Waals surface area (Å²) in [6, 6.07) is 0. The summed E-state index contributed by atoms with van der Waals surface area (Å²) >= 11 is 2.16. The van der Waals surface area contributed by atoms with E-state index in [9.17, 15) is 0 Å². The van der Waals surface area contributed by atoms with E-state index in [0.717, 1.165) is 11.3 Å². The fourth-order valence-electron chi connectivity index (χ4n) is 2.61. The molecule has 1 N–H and O–H groups in total. The molecule has 0 spiro atoms. The van der Waals surface area contributed by atoms with Crippen molar-refractivity contribution < 1.29 is 0 Å². The highest BCUT2D eigenvalue weighted by molar-refractivity contribution is 7.99. The smallest absolute Gasteiger partial charge is 0.0560 e. The highest BCUT2D eigenvalue weighted by Gasteiger charge is 2.31. The van der Waals surface area contributed by atoms with Crippen LogP contribution in [0.25, 0.3) is 0 Å². The third-order valence-electron chi connectivity index (χ3n) is 3.78. The first kappa shape index (κ1) is 10.8. The van der Waals surface area contributed by atoms with Gasteiger partial charge in [0, 0.05) is 0 Å². The Hall–Kier alpha value is 0.310. The summed E-state index contributed by atoms with van der Waals surface area (Å²) in [7, 11) is 0. The van der Waals surface area contributed by atoms with E-state index >= 15 is 0 Å². The van der Waals surface area contributed by atoms with Crippen molar-refractivity contribution in [1.82, 2.24) is 5.32 Å². The first-order valence-electron chi connectivity index (χ1n) is 6.02. The molecule has 14 heavy (non-hydrogen) atoms. The number of hydrogen-bond donors (Lipinski definition) is 1. The summed E-state index contributed by atoms with van der Waals surface area (Å²) in [5.41, 5.74) is 0.621. The van der Waals surface area contributed by atoms with Gasteiger partial charge >= 0.3 is 0 Å². The molecule has 0 bridgehead atoms. The minimum Gasteiger partial charge on any atom is -0.305 e. The molecule has 0 aromatic rings. The molecule has 1 unspecified atom stereocenters. The minimum atomic E-state index is 0.621. The Morgan fingerprint density at radius 3 is 2.50 bits per heavy atom. The molecule has 1 nitrogen and oxygen atoms in total. The summed E-state index contributed by atoms with van der Waals surface area (Å²) in [5, 5.41) is 4.46. The Morgan fingerprint density at radius 2 is 1.93 bits per heavy atom. The normalized spacial score (nSPS) is 34.3. The molecule has 1 atom stereocenters. The molecule has 1 saturated carbocycles. The Labute approximate surface area is 92.4 Å². The first-order valence-corrected chi connectivity index (χ1v) is 7.07. The van der Waals surface area contributed by atoms with Crippen molar-refractivity contribution in [2.24, 2.45) is 11.3 Å². The summed E-state index contributed by atoms with van der Waals surface area (Å²) in [6.45, 7) is 6.09. The molecule has 0 aromatic heterocycles. The molecule has 0 amide bonds. The summed E-state index contributed by atoms with van der Waals surface area (Å²) in [5.74, 6) is 2.32. The molecule has 1 aliphatic heterocycles. The number of thioether (sulfide) groups is 1. The van der Waals surface area contributed by atoms with Crippen LogP contribution in [0.5, 0.6) is 0 Å². The van der Waals surface area contributed by atoms with E-state index in [1.165, 1.54) is 44.4 Å². The van der Waals surface area contributed by atoms with Gasteiger partial charge in [-0.1, -0.05) is 13.8 Å². The van der Waals surface area contributed by atoms with Crippen LogP contribution in [0.4, 0.5) is 0 Å². The largest absolute Gasteiger partial charge is 0.305 e. The quantitative estimate of drug-likeness (QED) is 0.717. The topological polar surface area (TPSA) is 12.0 Å². The predicted octanol–water partition coefficient (Wildman–Crippen LogP) is 3.26. The van der Waals surface area contributed by atoms with Crippen LogP contribution in [-0.4, -0.2) is 17.7 Å². The lowest BCUT2D eigenvalue weighted by Crippen LogP contribution is -2.40. The van der Waals surface area contributed by atoms with E-state index in [2.05, 4.69) is 30.9 Å². The maximum absolute atomic E-state index is 3.68. The molecule has 2 aliphatic rings. The molecule has 1 aliphatic carbocycles. The standard InChI is InChI=1S/C12H23NS/c1-12(2)6-4-10(5-7-12)11-13-8-3-9-14-11/h10-11,13H,3-9H2,1-2H3. The molecule has 2 rings (SSSR count). The molecular formula is C12H23NS. The molecule has 0 radical (unpaired) electrons. The zero-order valence-electron chi connectivity index (χ0n) is 9.51. The van der Waals surface area contributed by atoms with Crippen LogP contribution >= 0.6 is 11.8 Å². The van der Waals surface area contributed by atoms with Gasteiger partial charge in [-0.15, -0.1) is 11.8 Å². The van der Waals surface area contributed by atoms with Crippen molar-refractivity contribution >= 4 is 11.8 Å². The lowest BCUT2D eigenvalue weighted by Gasteiger charge is -2.39. The Morgan fingerprint density at radius 1 is 1.21 bits per heavy atom. The van der Waals surface area contributed by atoms with E-state index in [0.29, 0.717) is 5.41 Å². The van der Waals surface area contributed by atoms with Crippen molar-refractivity contribution in [2.45, 2.75) is 51.3 Å². The number of rotatable bonds is 1. The van der Waals surface area contributed by atoms with Crippen molar-refractivity contribution in [3.8, 4) is 0 Å². The lowest BCUT2D eigenvalue weighted by molar-refractivity contribution is 0.181. The van der Waals surface area contributed by atoms with E-state index in [1.807, 2.05) is 0 Å². The Bertz CT molecular complexity index is 175. The van der Waals surface area contributed by atoms with Crippen molar-refractivity contribution in [2.75, 3.05) is 12.3 Å². The molecule has 2 heteroatoms. The average Bonchev–Trinajstić information content (AvgIpc) is 2.19. The summed E-state index contributed by atoms with van der Waals surface area (Å²) in [6.07, 6.45) is 7.10. The number of hydrogen-bond acceptors (Lipinski definition) is 2. The maximum atomic E-state index is 3.68. The SMILES string of the molecule is CC1(C)CCC(C2NCCCS2)CC1. The van der Waals surface area contributed by atoms with Crippen molar-refractivity contribution in [3.05, 3.63) is 0 Å². The second kappa shape index (κ2) is 4.44. The minimum absolute atomic E-state index is 0.621. The van der Waals surface area contributed by atoms with Crippen LogP contribution in [-0.2, 0) is 0 Å². The van der Waals surface area contributed by atoms with Gasteiger partial charge in [0.15, 0.2) is 0 Å². The van der Waals surface area contributed by atoms with Gasteiger partial charge in [-0.25, -0.2) is 0 Å². The van der Waals surface area contributed by atoms with Gasteiger partial charge in [0.05, 0.1) is 5.37 Å². The molecule has 82 valence electrons. The van der Waals surface area contributed by atoms with Crippen LogP contribution in [0.1, 0.15) is 46.0 Å². The molecule has 2 fully saturated rings. The van der Waals surface area contributed by atoms with Crippen LogP contribution in [0.3, 0.4) is 0 Å². The zero-order chi connectivity index (χ0) is 10.0. The first-order chi connectivity index (χ1) is 6.67. The van der Waals surface area contributed by atoms with Gasteiger partial charge in [-0.2, -0.15) is 0 Å². The van der Waals surface area contributed by atoms with Gasteiger partial charge in [-0.05, 0) is 55.7 Å². The third kappa shape index (κ3) is 2.66. The molecule has 1 saturated heterocycles. The van der Waals surface area contributed by atoms with Crippen LogP contribution in [0, 0.1) is 11.3 Å². The van der Waals surface area contributed by atoms with Gasteiger partial charge in [-0.3, -0.25) is 0 Å². The van der Waals surface area contributed by atoms with E-state index < -0.39 is 0 Å². The van der Waals surface area contributed by atoms with Gasteiger partial charge in [0.1, 0.15) is 0 Å². The van der Waals surface area contributed by atoms with Crippen LogP contribution in [0.15, 0.2) is 0 Å². The second-order valence-corrected chi connectivity index (χ2v) is 6.85. The highest BCUT2D eigenvalue weighted by atomic mass is 32.2. The van der Waals surface area contributed by atoms with Crippen LogP contribution < -0.4 is 5.32 Å². The van der Waals surface area contributed by atoms with Crippen molar-refractivity contribution in [3.63, 3.8) is 0 Å². The van der Waals surface area contributed by atoms with Crippen LogP contribution in [0.2, 0.25) is 0 Å². The molecular weight excluding hydrogens is 190 g/mol. The highest BCUT2D eigenvalue weighted by Crippen LogP contribution is 2.41. The summed E-state index contributed by atoms with van der Waals surface area (Å²) in [4.78, 5) is 0. The lowest BCUT2D eigenvalue weighted by atomic mass is 9.73. The summed E-state index contributed by atoms with van der Waals surface area (Å²) < 4.78 is 0.